The Balaban J connectivity index is 2.53. The van der Waals surface area contributed by atoms with Crippen molar-refractivity contribution in [3.8, 4) is 0 Å². The fourth-order valence-corrected chi connectivity index (χ4v) is 6.59. The maximum absolute atomic E-state index is 12.5. The van der Waals surface area contributed by atoms with Gasteiger partial charge in [-0.05, 0) is 42.4 Å². The van der Waals surface area contributed by atoms with Crippen LogP contribution in [0.5, 0.6) is 0 Å². The van der Waals surface area contributed by atoms with Crippen LogP contribution >= 0.6 is 0 Å². The first kappa shape index (κ1) is 20.7. The zero-order chi connectivity index (χ0) is 19.5. The summed E-state index contributed by atoms with van der Waals surface area (Å²) >= 11 is 0. The van der Waals surface area contributed by atoms with Crippen molar-refractivity contribution in [2.24, 2.45) is 5.41 Å². The highest BCUT2D eigenvalue weighted by atomic mass is 28.3. The second-order valence-corrected chi connectivity index (χ2v) is 13.4. The van der Waals surface area contributed by atoms with Gasteiger partial charge < -0.3 is 9.47 Å². The molecule has 0 spiro atoms. The zero-order valence-corrected chi connectivity index (χ0v) is 18.0. The molecule has 4 nitrogen and oxygen atoms in total. The molecule has 0 bridgehead atoms. The van der Waals surface area contributed by atoms with Gasteiger partial charge in [-0.15, -0.1) is 0 Å². The van der Waals surface area contributed by atoms with Crippen LogP contribution in [0.4, 0.5) is 0 Å². The van der Waals surface area contributed by atoms with Gasteiger partial charge in [-0.25, -0.2) is 0 Å². The van der Waals surface area contributed by atoms with Gasteiger partial charge in [0.2, 0.25) is 0 Å². The molecule has 5 heteroatoms. The minimum atomic E-state index is -1.65. The van der Waals surface area contributed by atoms with Gasteiger partial charge in [0.25, 0.3) is 0 Å². The Hall–Kier alpha value is -1.62. The summed E-state index contributed by atoms with van der Waals surface area (Å²) in [5.74, 6) is -0.982. The van der Waals surface area contributed by atoms with Gasteiger partial charge >= 0.3 is 11.9 Å². The highest BCUT2D eigenvalue weighted by molar-refractivity contribution is 6.89. The summed E-state index contributed by atoms with van der Waals surface area (Å²) in [6.45, 7) is 9.22. The molecule has 1 aliphatic carbocycles. The molecule has 1 aromatic rings. The predicted octanol–water partition coefficient (Wildman–Crippen LogP) is 3.40. The quantitative estimate of drug-likeness (QED) is 0.317. The summed E-state index contributed by atoms with van der Waals surface area (Å²) in [6, 6.07) is 4.32. The van der Waals surface area contributed by atoms with Crippen LogP contribution in [-0.2, 0) is 38.3 Å². The van der Waals surface area contributed by atoms with Gasteiger partial charge in [0.05, 0.1) is 22.3 Å². The molecular weight excluding hydrogens is 344 g/mol. The lowest BCUT2D eigenvalue weighted by Crippen LogP contribution is -2.45. The van der Waals surface area contributed by atoms with Gasteiger partial charge in [0, 0.05) is 0 Å². The summed E-state index contributed by atoms with van der Waals surface area (Å²) in [5, 5.41) is 1.42. The summed E-state index contributed by atoms with van der Waals surface area (Å²) < 4.78 is 10.00. The molecular formula is C21H32O4Si. The number of carbonyl (C=O) groups excluding carboxylic acids is 2. The van der Waals surface area contributed by atoms with Crippen molar-refractivity contribution in [1.82, 2.24) is 0 Å². The number of fused-ring (bicyclic) bond motifs is 1. The van der Waals surface area contributed by atoms with Crippen molar-refractivity contribution in [2.75, 3.05) is 14.2 Å². The van der Waals surface area contributed by atoms with Gasteiger partial charge in [-0.1, -0.05) is 56.7 Å². The molecule has 0 aliphatic heterocycles. The largest absolute Gasteiger partial charge is 0.468 e. The van der Waals surface area contributed by atoms with Crippen molar-refractivity contribution in [3.05, 3.63) is 28.8 Å². The number of hydrogen-bond acceptors (Lipinski definition) is 4. The molecule has 144 valence electrons. The van der Waals surface area contributed by atoms with Crippen LogP contribution in [-0.4, -0.2) is 34.2 Å². The molecule has 0 fully saturated rings. The summed E-state index contributed by atoms with van der Waals surface area (Å²) in [7, 11) is 1.03. The molecule has 0 radical (unpaired) electrons. The molecule has 0 heterocycles. The van der Waals surface area contributed by atoms with Crippen molar-refractivity contribution >= 4 is 25.2 Å². The minimum absolute atomic E-state index is 0.369. The minimum Gasteiger partial charge on any atom is -0.468 e. The molecule has 2 rings (SSSR count). The summed E-state index contributed by atoms with van der Waals surface area (Å²) in [5.41, 5.74) is 2.44. The maximum atomic E-state index is 12.5. The van der Waals surface area contributed by atoms with Crippen LogP contribution in [0.25, 0.3) is 0 Å². The normalized spacial score (nSPS) is 15.5. The Labute approximate surface area is 158 Å². The molecule has 0 aromatic heterocycles. The van der Waals surface area contributed by atoms with Crippen LogP contribution in [0.1, 0.15) is 42.9 Å². The summed E-state index contributed by atoms with van der Waals surface area (Å²) in [4.78, 5) is 25.1. The fraction of sp³-hybridized carbons (Fsp3) is 0.619. The number of methoxy groups -OCH3 is 2. The van der Waals surface area contributed by atoms with E-state index < -0.39 is 25.4 Å². The van der Waals surface area contributed by atoms with Crippen LogP contribution in [0.2, 0.25) is 19.6 Å². The Morgan fingerprint density at radius 2 is 1.65 bits per heavy atom. The lowest BCUT2D eigenvalue weighted by Gasteiger charge is -2.26. The first-order valence-corrected chi connectivity index (χ1v) is 13.0. The third-order valence-corrected chi connectivity index (χ3v) is 7.54. The molecule has 0 N–H and O–H groups in total. The molecule has 1 aromatic carbocycles. The third kappa shape index (κ3) is 3.73. The smallest absolute Gasteiger partial charge is 0.323 e. The number of ether oxygens (including phenoxy) is 2. The van der Waals surface area contributed by atoms with E-state index in [1.165, 1.54) is 49.8 Å². The SMILES string of the molecule is CCCCCc1ccc2c(c1[Si](C)(C)C)CC(C(=O)OC)(C(=O)OC)C2. The molecule has 0 unspecified atom stereocenters. The van der Waals surface area contributed by atoms with Gasteiger partial charge in [0.15, 0.2) is 5.41 Å². The molecule has 1 aliphatic rings. The number of benzene rings is 1. The standard InChI is InChI=1S/C21H32O4Si/c1-7-8-9-10-15-11-12-16-13-21(19(22)24-2,20(23)25-3)14-17(16)18(15)26(4,5)6/h11-12H,7-10,13-14H2,1-6H3. The van der Waals surface area contributed by atoms with Crippen molar-refractivity contribution in [3.63, 3.8) is 0 Å². The average Bonchev–Trinajstić information content (AvgIpc) is 2.99. The Morgan fingerprint density at radius 3 is 2.15 bits per heavy atom. The van der Waals surface area contributed by atoms with E-state index in [0.717, 1.165) is 12.0 Å². The number of esters is 2. The van der Waals surface area contributed by atoms with E-state index in [2.05, 4.69) is 38.7 Å². The van der Waals surface area contributed by atoms with E-state index in [1.54, 1.807) is 0 Å². The van der Waals surface area contributed by atoms with E-state index in [9.17, 15) is 9.59 Å². The molecule has 26 heavy (non-hydrogen) atoms. The van der Waals surface area contributed by atoms with Gasteiger partial charge in [-0.3, -0.25) is 9.59 Å². The van der Waals surface area contributed by atoms with Crippen LogP contribution in [0.3, 0.4) is 0 Å². The molecule has 0 saturated heterocycles. The fourth-order valence-electron chi connectivity index (χ4n) is 4.27. The maximum Gasteiger partial charge on any atom is 0.323 e. The van der Waals surface area contributed by atoms with Gasteiger partial charge in [0.1, 0.15) is 0 Å². The van der Waals surface area contributed by atoms with E-state index >= 15 is 0 Å². The Kier molecular flexibility index (Phi) is 6.32. The second-order valence-electron chi connectivity index (χ2n) is 8.36. The molecule has 0 amide bonds. The monoisotopic (exact) mass is 376 g/mol. The van der Waals surface area contributed by atoms with Gasteiger partial charge in [-0.2, -0.15) is 0 Å². The lowest BCUT2D eigenvalue weighted by molar-refractivity contribution is -0.168. The highest BCUT2D eigenvalue weighted by Crippen LogP contribution is 2.40. The number of rotatable bonds is 7. The Morgan fingerprint density at radius 1 is 1.04 bits per heavy atom. The summed E-state index contributed by atoms with van der Waals surface area (Å²) in [6.07, 6.45) is 5.41. The average molecular weight is 377 g/mol. The number of hydrogen-bond donors (Lipinski definition) is 0. The number of unbranched alkanes of at least 4 members (excludes halogenated alkanes) is 2. The van der Waals surface area contributed by atoms with Crippen molar-refractivity contribution in [2.45, 2.75) is 65.1 Å². The topological polar surface area (TPSA) is 52.6 Å². The number of carbonyl (C=O) groups is 2. The van der Waals surface area contributed by atoms with E-state index in [1.807, 2.05) is 0 Å². The van der Waals surface area contributed by atoms with E-state index in [-0.39, 0.29) is 0 Å². The zero-order valence-electron chi connectivity index (χ0n) is 17.0. The second kappa shape index (κ2) is 7.95. The molecule has 0 atom stereocenters. The first-order valence-electron chi connectivity index (χ1n) is 9.52. The van der Waals surface area contributed by atoms with Crippen molar-refractivity contribution in [1.29, 1.82) is 0 Å². The Bertz CT molecular complexity index is 672. The third-order valence-electron chi connectivity index (χ3n) is 5.42. The predicted molar refractivity (Wildman–Crippen MR) is 107 cm³/mol. The first-order chi connectivity index (χ1) is 12.2. The van der Waals surface area contributed by atoms with Crippen LogP contribution in [0.15, 0.2) is 12.1 Å². The number of aryl methyl sites for hydroxylation is 1. The lowest BCUT2D eigenvalue weighted by atomic mass is 9.85. The molecule has 0 saturated carbocycles. The highest BCUT2D eigenvalue weighted by Gasteiger charge is 2.53. The van der Waals surface area contributed by atoms with Crippen LogP contribution < -0.4 is 5.19 Å². The van der Waals surface area contributed by atoms with E-state index in [4.69, 9.17) is 9.47 Å². The van der Waals surface area contributed by atoms with Crippen LogP contribution in [0, 0.1) is 5.41 Å². The van der Waals surface area contributed by atoms with E-state index in [0.29, 0.717) is 12.8 Å². The van der Waals surface area contributed by atoms with Crippen molar-refractivity contribution < 1.29 is 19.1 Å².